The van der Waals surface area contributed by atoms with Gasteiger partial charge in [0, 0.05) is 5.56 Å². The molecule has 46 heavy (non-hydrogen) atoms. The number of aliphatic imine (C=N–C) groups is 1. The third kappa shape index (κ3) is 7.77. The third-order valence-electron chi connectivity index (χ3n) is 9.34. The third-order valence-corrected chi connectivity index (χ3v) is 9.34. The molecule has 244 valence electrons. The molecule has 9 nitrogen and oxygen atoms in total. The van der Waals surface area contributed by atoms with Crippen LogP contribution in [-0.4, -0.2) is 48.7 Å². The van der Waals surface area contributed by atoms with Crippen molar-refractivity contribution in [3.05, 3.63) is 82.9 Å². The van der Waals surface area contributed by atoms with Gasteiger partial charge < -0.3 is 10.2 Å². The molecule has 1 fully saturated rings. The Morgan fingerprint density at radius 3 is 2.41 bits per heavy atom. The van der Waals surface area contributed by atoms with Crippen LogP contribution in [0.15, 0.2) is 59.6 Å². The fraction of sp³-hybridized carbons (Fsp3) is 0.500. The van der Waals surface area contributed by atoms with Crippen molar-refractivity contribution in [2.24, 2.45) is 21.7 Å². The van der Waals surface area contributed by atoms with Crippen molar-refractivity contribution in [3.8, 4) is 0 Å². The minimum atomic E-state index is -0.663. The van der Waals surface area contributed by atoms with Crippen molar-refractivity contribution < 1.29 is 14.0 Å². The van der Waals surface area contributed by atoms with Gasteiger partial charge in [-0.25, -0.2) is 4.39 Å². The van der Waals surface area contributed by atoms with Gasteiger partial charge in [-0.05, 0) is 96.7 Å². The molecule has 0 radical (unpaired) electrons. The van der Waals surface area contributed by atoms with Gasteiger partial charge in [-0.15, -0.1) is 10.2 Å². The van der Waals surface area contributed by atoms with Gasteiger partial charge in [-0.3, -0.25) is 14.6 Å². The Bertz CT molecular complexity index is 1580. The van der Waals surface area contributed by atoms with Crippen molar-refractivity contribution in [1.29, 1.82) is 0 Å². The summed E-state index contributed by atoms with van der Waals surface area (Å²) in [6.07, 6.45) is 8.66. The Balaban J connectivity index is 1.47. The Hall–Kier alpha value is -4.21. The summed E-state index contributed by atoms with van der Waals surface area (Å²) in [6, 6.07) is 13.6. The summed E-state index contributed by atoms with van der Waals surface area (Å²) in [6.45, 7) is 13.7. The van der Waals surface area contributed by atoms with Gasteiger partial charge >= 0.3 is 0 Å². The number of nitrogens with one attached hydrogen (secondary N) is 2. The molecular weight excluding hydrogens is 581 g/mol. The minimum absolute atomic E-state index is 0.0496. The van der Waals surface area contributed by atoms with E-state index in [1.54, 1.807) is 30.4 Å². The Kier molecular flexibility index (Phi) is 9.56. The molecule has 2 aliphatic rings. The minimum Gasteiger partial charge on any atom is -0.345 e. The summed E-state index contributed by atoms with van der Waals surface area (Å²) in [5, 5.41) is 16.5. The number of hydrogen-bond acceptors (Lipinski definition) is 6. The van der Waals surface area contributed by atoms with E-state index in [0.717, 1.165) is 44.1 Å². The molecule has 3 aromatic rings. The SMILES string of the molecule is CC(C)(C)CC[C@H](c1ccc(C(=O)NCc2nn[nH]n2)cc1)N1C(=O)C(/C=C/c2cccc(F)c2)=NC12CCC(C(C)(C)C)CC2. The molecule has 10 heteroatoms. The lowest BCUT2D eigenvalue weighted by Crippen LogP contribution is -2.51. The quantitative estimate of drug-likeness (QED) is 0.263. The van der Waals surface area contributed by atoms with E-state index in [0.29, 0.717) is 28.6 Å². The Labute approximate surface area is 271 Å². The maximum absolute atomic E-state index is 14.4. The lowest BCUT2D eigenvalue weighted by atomic mass is 9.69. The second kappa shape index (κ2) is 13.3. The molecule has 5 rings (SSSR count). The number of H-pyrrole nitrogens is 1. The number of nitrogens with zero attached hydrogens (tertiary/aromatic N) is 5. The summed E-state index contributed by atoms with van der Waals surface area (Å²) in [7, 11) is 0. The van der Waals surface area contributed by atoms with Gasteiger partial charge in [-0.2, -0.15) is 5.21 Å². The number of hydrogen-bond donors (Lipinski definition) is 2. The molecule has 2 N–H and O–H groups in total. The Morgan fingerprint density at radius 1 is 1.09 bits per heavy atom. The molecule has 1 saturated carbocycles. The van der Waals surface area contributed by atoms with Gasteiger partial charge in [0.2, 0.25) is 0 Å². The highest BCUT2D eigenvalue weighted by molar-refractivity contribution is 6.45. The van der Waals surface area contributed by atoms with Gasteiger partial charge in [0.15, 0.2) is 5.82 Å². The number of aromatic nitrogens is 4. The van der Waals surface area contributed by atoms with E-state index in [2.05, 4.69) is 67.5 Å². The van der Waals surface area contributed by atoms with E-state index >= 15 is 0 Å². The zero-order chi connectivity index (χ0) is 33.1. The fourth-order valence-electron chi connectivity index (χ4n) is 6.65. The number of carbonyl (C=O) groups is 2. The predicted molar refractivity (Wildman–Crippen MR) is 177 cm³/mol. The lowest BCUT2D eigenvalue weighted by molar-refractivity contribution is -0.134. The average molecular weight is 628 g/mol. The summed E-state index contributed by atoms with van der Waals surface area (Å²) in [5.74, 6) is 0.256. The largest absolute Gasteiger partial charge is 0.345 e. The summed E-state index contributed by atoms with van der Waals surface area (Å²) >= 11 is 0. The molecule has 0 unspecified atom stereocenters. The molecule has 1 atom stereocenters. The molecule has 0 saturated heterocycles. The van der Waals surface area contributed by atoms with Crippen LogP contribution >= 0.6 is 0 Å². The summed E-state index contributed by atoms with van der Waals surface area (Å²) < 4.78 is 13.9. The normalized spacial score (nSPS) is 21.2. The second-order valence-electron chi connectivity index (χ2n) is 14.9. The van der Waals surface area contributed by atoms with Crippen LogP contribution in [0.25, 0.3) is 6.08 Å². The van der Waals surface area contributed by atoms with Crippen LogP contribution in [0.4, 0.5) is 4.39 Å². The van der Waals surface area contributed by atoms with Crippen molar-refractivity contribution >= 4 is 23.6 Å². The molecule has 1 spiro atoms. The van der Waals surface area contributed by atoms with E-state index in [-0.39, 0.29) is 41.0 Å². The van der Waals surface area contributed by atoms with Gasteiger partial charge in [0.25, 0.3) is 11.8 Å². The summed E-state index contributed by atoms with van der Waals surface area (Å²) in [5.41, 5.74) is 2.11. The van der Waals surface area contributed by atoms with Crippen molar-refractivity contribution in [2.75, 3.05) is 0 Å². The van der Waals surface area contributed by atoms with Crippen molar-refractivity contribution in [2.45, 2.75) is 98.3 Å². The predicted octanol–water partition coefficient (Wildman–Crippen LogP) is 7.07. The number of aromatic amines is 1. The van der Waals surface area contributed by atoms with Gasteiger partial charge in [0.05, 0.1) is 12.6 Å². The van der Waals surface area contributed by atoms with Crippen LogP contribution in [0.3, 0.4) is 0 Å². The number of carbonyl (C=O) groups excluding carboxylic acids is 2. The maximum Gasteiger partial charge on any atom is 0.274 e. The Morgan fingerprint density at radius 2 is 1.80 bits per heavy atom. The standard InChI is InChI=1S/C36H46FN7O2/c1-34(2,3)19-18-30(25-11-13-26(14-12-25)32(45)38-23-31-40-42-43-41-31)44-33(46)29(15-10-24-8-7-9-28(37)22-24)39-36(44)20-16-27(17-21-36)35(4,5)6/h7-15,22,27,30H,16-21,23H2,1-6H3,(H,38,45)(H,40,41,42,43)/b15-10+/t27?,30-,36?/m1/s1. The molecular formula is C36H46FN7O2. The van der Waals surface area contributed by atoms with E-state index in [9.17, 15) is 14.0 Å². The van der Waals surface area contributed by atoms with Crippen LogP contribution in [0.2, 0.25) is 0 Å². The molecule has 0 bridgehead atoms. The van der Waals surface area contributed by atoms with Crippen LogP contribution in [-0.2, 0) is 11.3 Å². The maximum atomic E-state index is 14.4. The van der Waals surface area contributed by atoms with E-state index in [1.165, 1.54) is 12.1 Å². The zero-order valence-corrected chi connectivity index (χ0v) is 27.8. The first kappa shape index (κ1) is 33.2. The smallest absolute Gasteiger partial charge is 0.274 e. The second-order valence-corrected chi connectivity index (χ2v) is 14.9. The number of halogens is 1. The van der Waals surface area contributed by atoms with Gasteiger partial charge in [0.1, 0.15) is 17.2 Å². The molecule has 1 aliphatic heterocycles. The molecule has 1 aromatic heterocycles. The first-order valence-electron chi connectivity index (χ1n) is 16.2. The number of benzene rings is 2. The summed E-state index contributed by atoms with van der Waals surface area (Å²) in [4.78, 5) is 34.6. The highest BCUT2D eigenvalue weighted by Crippen LogP contribution is 2.50. The molecule has 1 aliphatic carbocycles. The average Bonchev–Trinajstić information content (AvgIpc) is 3.61. The fourth-order valence-corrected chi connectivity index (χ4v) is 6.65. The number of rotatable bonds is 9. The lowest BCUT2D eigenvalue weighted by Gasteiger charge is -2.47. The molecule has 2 aromatic carbocycles. The van der Waals surface area contributed by atoms with Crippen LogP contribution in [0.5, 0.6) is 0 Å². The van der Waals surface area contributed by atoms with E-state index < -0.39 is 5.66 Å². The van der Waals surface area contributed by atoms with E-state index in [1.807, 2.05) is 23.1 Å². The van der Waals surface area contributed by atoms with Crippen molar-refractivity contribution in [3.63, 3.8) is 0 Å². The van der Waals surface area contributed by atoms with E-state index in [4.69, 9.17) is 4.99 Å². The molecule has 2 heterocycles. The molecule has 2 amide bonds. The highest BCUT2D eigenvalue weighted by Gasteiger charge is 2.52. The van der Waals surface area contributed by atoms with Crippen LogP contribution in [0.1, 0.15) is 113 Å². The highest BCUT2D eigenvalue weighted by atomic mass is 19.1. The van der Waals surface area contributed by atoms with Gasteiger partial charge in [-0.1, -0.05) is 77.1 Å². The van der Waals surface area contributed by atoms with Crippen LogP contribution < -0.4 is 5.32 Å². The van der Waals surface area contributed by atoms with Crippen molar-refractivity contribution in [1.82, 2.24) is 30.8 Å². The first-order chi connectivity index (χ1) is 21.7. The monoisotopic (exact) mass is 627 g/mol. The topological polar surface area (TPSA) is 116 Å². The number of amides is 2. The number of tetrazole rings is 1. The zero-order valence-electron chi connectivity index (χ0n) is 27.8. The first-order valence-corrected chi connectivity index (χ1v) is 16.2. The van der Waals surface area contributed by atoms with Crippen LogP contribution in [0, 0.1) is 22.6 Å².